The van der Waals surface area contributed by atoms with Crippen molar-refractivity contribution < 1.29 is 18.3 Å². The molecule has 1 rings (SSSR count). The van der Waals surface area contributed by atoms with Crippen LogP contribution in [-0.2, 0) is 9.84 Å². The lowest BCUT2D eigenvalue weighted by molar-refractivity contribution is -0.255. The van der Waals surface area contributed by atoms with E-state index in [2.05, 4.69) is 0 Å². The molecule has 0 radical (unpaired) electrons. The average Bonchev–Trinajstić information content (AvgIpc) is 2.03. The highest BCUT2D eigenvalue weighted by molar-refractivity contribution is 7.90. The molecule has 4 nitrogen and oxygen atoms in total. The minimum Gasteiger partial charge on any atom is -0.545 e. The van der Waals surface area contributed by atoms with Gasteiger partial charge in [0.2, 0.25) is 0 Å². The zero-order valence-electron chi connectivity index (χ0n) is 6.85. The van der Waals surface area contributed by atoms with Gasteiger partial charge in [-0.25, -0.2) is 8.42 Å². The Balaban J connectivity index is 3.29. The minimum atomic E-state index is -3.35. The Morgan fingerprint density at radius 1 is 1.38 bits per heavy atom. The topological polar surface area (TPSA) is 74.3 Å². The Labute approximate surface area is 75.7 Å². The normalized spacial score (nSPS) is 11.2. The van der Waals surface area contributed by atoms with Crippen molar-refractivity contribution in [2.75, 3.05) is 6.26 Å². The molecule has 0 spiro atoms. The summed E-state index contributed by atoms with van der Waals surface area (Å²) in [6.07, 6.45) is 1.02. The fourth-order valence-electron chi connectivity index (χ4n) is 0.854. The van der Waals surface area contributed by atoms with Crippen LogP contribution < -0.4 is 5.11 Å². The van der Waals surface area contributed by atoms with Gasteiger partial charge < -0.3 is 9.90 Å². The van der Waals surface area contributed by atoms with Crippen molar-refractivity contribution >= 4 is 15.8 Å². The van der Waals surface area contributed by atoms with E-state index in [9.17, 15) is 18.3 Å². The predicted molar refractivity (Wildman–Crippen MR) is 43.9 cm³/mol. The second kappa shape index (κ2) is 3.18. The molecule has 0 bridgehead atoms. The summed E-state index contributed by atoms with van der Waals surface area (Å²) < 4.78 is 22.0. The highest BCUT2D eigenvalue weighted by Gasteiger charge is 2.06. The van der Waals surface area contributed by atoms with Gasteiger partial charge in [-0.05, 0) is 17.7 Å². The fourth-order valence-corrected chi connectivity index (χ4v) is 1.52. The minimum absolute atomic E-state index is 0.0193. The lowest BCUT2D eigenvalue weighted by Crippen LogP contribution is -2.22. The zero-order valence-corrected chi connectivity index (χ0v) is 7.67. The standard InChI is InChI=1S/C8H8O4S/c1-13(11,12)7-4-2-3-6(5-7)8(9)10/h2-5H,1H3,(H,9,10)/p-1. The number of carboxylic acid groups (broad SMARTS) is 1. The van der Waals surface area contributed by atoms with Gasteiger partial charge in [-0.1, -0.05) is 12.1 Å². The molecule has 0 saturated carbocycles. The quantitative estimate of drug-likeness (QED) is 0.640. The summed E-state index contributed by atoms with van der Waals surface area (Å²) in [6, 6.07) is 5.05. The molecular formula is C8H7O4S-. The van der Waals surface area contributed by atoms with Gasteiger partial charge >= 0.3 is 0 Å². The molecule has 70 valence electrons. The van der Waals surface area contributed by atoms with Crippen LogP contribution in [0.15, 0.2) is 29.2 Å². The molecule has 0 aromatic heterocycles. The number of sulfone groups is 1. The van der Waals surface area contributed by atoms with E-state index in [1.165, 1.54) is 18.2 Å². The molecule has 0 amide bonds. The first kappa shape index (κ1) is 9.73. The third-order valence-electron chi connectivity index (χ3n) is 1.50. The van der Waals surface area contributed by atoms with E-state index in [4.69, 9.17) is 0 Å². The van der Waals surface area contributed by atoms with Crippen molar-refractivity contribution in [3.05, 3.63) is 29.8 Å². The van der Waals surface area contributed by atoms with Gasteiger partial charge in [0.1, 0.15) is 0 Å². The van der Waals surface area contributed by atoms with Crippen LogP contribution in [0.3, 0.4) is 0 Å². The summed E-state index contributed by atoms with van der Waals surface area (Å²) in [4.78, 5) is 10.4. The molecule has 1 aromatic carbocycles. The van der Waals surface area contributed by atoms with Crippen LogP contribution >= 0.6 is 0 Å². The molecule has 13 heavy (non-hydrogen) atoms. The molecule has 0 atom stereocenters. The van der Waals surface area contributed by atoms with Crippen LogP contribution in [0.2, 0.25) is 0 Å². The SMILES string of the molecule is CS(=O)(=O)c1cccc(C(=O)[O-])c1. The number of carbonyl (C=O) groups excluding carboxylic acids is 1. The largest absolute Gasteiger partial charge is 0.545 e. The molecule has 0 N–H and O–H groups in total. The number of aromatic carboxylic acids is 1. The third kappa shape index (κ3) is 2.29. The van der Waals surface area contributed by atoms with Crippen LogP contribution in [-0.4, -0.2) is 20.6 Å². The summed E-state index contributed by atoms with van der Waals surface area (Å²) >= 11 is 0. The smallest absolute Gasteiger partial charge is 0.175 e. The van der Waals surface area contributed by atoms with Gasteiger partial charge in [-0.3, -0.25) is 0 Å². The van der Waals surface area contributed by atoms with Gasteiger partial charge in [0.05, 0.1) is 10.9 Å². The van der Waals surface area contributed by atoms with Crippen LogP contribution in [0.4, 0.5) is 0 Å². The van der Waals surface area contributed by atoms with Crippen LogP contribution in [0.5, 0.6) is 0 Å². The van der Waals surface area contributed by atoms with Crippen molar-refractivity contribution in [2.45, 2.75) is 4.90 Å². The molecule has 0 aliphatic heterocycles. The maximum absolute atomic E-state index is 11.0. The van der Waals surface area contributed by atoms with Gasteiger partial charge in [-0.15, -0.1) is 0 Å². The monoisotopic (exact) mass is 199 g/mol. The molecule has 5 heteroatoms. The maximum Gasteiger partial charge on any atom is 0.175 e. The first-order valence-electron chi connectivity index (χ1n) is 3.43. The molecule has 0 aliphatic rings. The van der Waals surface area contributed by atoms with Crippen molar-refractivity contribution in [2.24, 2.45) is 0 Å². The maximum atomic E-state index is 11.0. The van der Waals surface area contributed by atoms with Crippen LogP contribution in [0.1, 0.15) is 10.4 Å². The fraction of sp³-hybridized carbons (Fsp3) is 0.125. The number of hydrogen-bond acceptors (Lipinski definition) is 4. The number of carboxylic acids is 1. The molecule has 0 fully saturated rings. The van der Waals surface area contributed by atoms with Gasteiger partial charge in [0, 0.05) is 6.26 Å². The van der Waals surface area contributed by atoms with E-state index >= 15 is 0 Å². The highest BCUT2D eigenvalue weighted by Crippen LogP contribution is 2.10. The highest BCUT2D eigenvalue weighted by atomic mass is 32.2. The number of rotatable bonds is 2. The predicted octanol–water partition coefficient (Wildman–Crippen LogP) is -0.546. The first-order chi connectivity index (χ1) is 5.91. The average molecular weight is 199 g/mol. The Kier molecular flexibility index (Phi) is 2.38. The second-order valence-electron chi connectivity index (χ2n) is 2.59. The molecule has 0 aliphatic carbocycles. The van der Waals surface area contributed by atoms with E-state index < -0.39 is 15.8 Å². The molecule has 0 unspecified atom stereocenters. The third-order valence-corrected chi connectivity index (χ3v) is 2.61. The van der Waals surface area contributed by atoms with Gasteiger partial charge in [0.15, 0.2) is 9.84 Å². The van der Waals surface area contributed by atoms with E-state index in [-0.39, 0.29) is 10.5 Å². The summed E-state index contributed by atoms with van der Waals surface area (Å²) in [5.41, 5.74) is -0.136. The van der Waals surface area contributed by atoms with E-state index in [0.717, 1.165) is 12.3 Å². The second-order valence-corrected chi connectivity index (χ2v) is 4.60. The van der Waals surface area contributed by atoms with Crippen molar-refractivity contribution in [3.8, 4) is 0 Å². The Hall–Kier alpha value is -1.36. The van der Waals surface area contributed by atoms with Crippen LogP contribution in [0.25, 0.3) is 0 Å². The summed E-state index contributed by atoms with van der Waals surface area (Å²) in [6.45, 7) is 0. The molecule has 1 aromatic rings. The molecule has 0 saturated heterocycles. The van der Waals surface area contributed by atoms with Crippen LogP contribution in [0, 0.1) is 0 Å². The van der Waals surface area contributed by atoms with E-state index in [0.29, 0.717) is 0 Å². The summed E-state index contributed by atoms with van der Waals surface area (Å²) in [7, 11) is -3.35. The summed E-state index contributed by atoms with van der Waals surface area (Å²) in [5, 5.41) is 10.4. The van der Waals surface area contributed by atoms with Crippen molar-refractivity contribution in [3.63, 3.8) is 0 Å². The Morgan fingerprint density at radius 3 is 2.46 bits per heavy atom. The molecule has 0 heterocycles. The molecular weight excluding hydrogens is 192 g/mol. The first-order valence-corrected chi connectivity index (χ1v) is 5.32. The zero-order chi connectivity index (χ0) is 10.1. The Morgan fingerprint density at radius 2 is 2.00 bits per heavy atom. The number of benzene rings is 1. The lowest BCUT2D eigenvalue weighted by Gasteiger charge is -2.03. The van der Waals surface area contributed by atoms with Gasteiger partial charge in [-0.2, -0.15) is 0 Å². The lowest BCUT2D eigenvalue weighted by atomic mass is 10.2. The number of hydrogen-bond donors (Lipinski definition) is 0. The Bertz CT molecular complexity index is 433. The number of carbonyl (C=O) groups is 1. The van der Waals surface area contributed by atoms with Crippen molar-refractivity contribution in [1.29, 1.82) is 0 Å². The summed E-state index contributed by atoms with van der Waals surface area (Å²) in [5.74, 6) is -1.38. The van der Waals surface area contributed by atoms with E-state index in [1.54, 1.807) is 0 Å². The van der Waals surface area contributed by atoms with E-state index in [1.807, 2.05) is 0 Å². The van der Waals surface area contributed by atoms with Gasteiger partial charge in [0.25, 0.3) is 0 Å². The van der Waals surface area contributed by atoms with Crippen molar-refractivity contribution in [1.82, 2.24) is 0 Å².